The zero-order valence-electron chi connectivity index (χ0n) is 9.78. The molecule has 2 rings (SSSR count). The monoisotopic (exact) mass is 250 g/mol. The fraction of sp³-hybridized carbons (Fsp3) is 0.154. The zero-order valence-corrected chi connectivity index (χ0v) is 9.78. The fourth-order valence-corrected chi connectivity index (χ4v) is 1.54. The smallest absolute Gasteiger partial charge is 0.198 e. The van der Waals surface area contributed by atoms with Gasteiger partial charge in [0.05, 0.1) is 6.20 Å². The first-order valence-corrected chi connectivity index (χ1v) is 5.41. The highest BCUT2D eigenvalue weighted by Gasteiger charge is 2.13. The Morgan fingerprint density at radius 1 is 1.28 bits per heavy atom. The van der Waals surface area contributed by atoms with Gasteiger partial charge in [0, 0.05) is 12.7 Å². The van der Waals surface area contributed by atoms with E-state index in [0.29, 0.717) is 12.1 Å². The molecule has 1 aromatic heterocycles. The maximum absolute atomic E-state index is 13.7. The largest absolute Gasteiger partial charge is 0.450 e. The molecule has 0 radical (unpaired) electrons. The first kappa shape index (κ1) is 12.4. The van der Waals surface area contributed by atoms with E-state index in [1.54, 1.807) is 25.4 Å². The van der Waals surface area contributed by atoms with Crippen molar-refractivity contribution in [1.29, 1.82) is 0 Å². The van der Waals surface area contributed by atoms with Crippen LogP contribution in [0.4, 0.5) is 8.78 Å². The van der Waals surface area contributed by atoms with Crippen molar-refractivity contribution >= 4 is 0 Å². The summed E-state index contributed by atoms with van der Waals surface area (Å²) in [6.45, 7) is 0.390. The molecule has 0 saturated heterocycles. The maximum Gasteiger partial charge on any atom is 0.198 e. The standard InChI is InChI=1S/C13H12F2N2O/c1-16-7-9-5-11(14)13(12(15)6-9)18-10-3-2-4-17-8-10/h2-6,8,16H,7H2,1H3. The van der Waals surface area contributed by atoms with Crippen LogP contribution in [0, 0.1) is 11.6 Å². The van der Waals surface area contributed by atoms with Gasteiger partial charge in [-0.2, -0.15) is 0 Å². The summed E-state index contributed by atoms with van der Waals surface area (Å²) < 4.78 is 32.6. The van der Waals surface area contributed by atoms with Crippen LogP contribution in [0.3, 0.4) is 0 Å². The first-order valence-electron chi connectivity index (χ1n) is 5.41. The first-order chi connectivity index (χ1) is 8.70. The van der Waals surface area contributed by atoms with Crippen LogP contribution >= 0.6 is 0 Å². The van der Waals surface area contributed by atoms with Gasteiger partial charge in [0.25, 0.3) is 0 Å². The van der Waals surface area contributed by atoms with E-state index in [0.717, 1.165) is 0 Å². The molecule has 0 aliphatic heterocycles. The van der Waals surface area contributed by atoms with Crippen LogP contribution in [0.1, 0.15) is 5.56 Å². The molecule has 0 aliphatic rings. The van der Waals surface area contributed by atoms with Gasteiger partial charge >= 0.3 is 0 Å². The fourth-order valence-electron chi connectivity index (χ4n) is 1.54. The SMILES string of the molecule is CNCc1cc(F)c(Oc2cccnc2)c(F)c1. The average molecular weight is 250 g/mol. The summed E-state index contributed by atoms with van der Waals surface area (Å²) in [6, 6.07) is 5.68. The highest BCUT2D eigenvalue weighted by molar-refractivity contribution is 5.35. The molecule has 0 amide bonds. The Kier molecular flexibility index (Phi) is 3.84. The molecule has 0 saturated carbocycles. The van der Waals surface area contributed by atoms with Crippen molar-refractivity contribution in [3.63, 3.8) is 0 Å². The molecule has 2 aromatic rings. The number of halogens is 2. The van der Waals surface area contributed by atoms with Crippen molar-refractivity contribution in [3.8, 4) is 11.5 Å². The average Bonchev–Trinajstić information content (AvgIpc) is 2.36. The molecule has 0 atom stereocenters. The Bertz CT molecular complexity index is 509. The molecular weight excluding hydrogens is 238 g/mol. The summed E-state index contributed by atoms with van der Waals surface area (Å²) in [5.41, 5.74) is 0.519. The van der Waals surface area contributed by atoms with E-state index >= 15 is 0 Å². The van der Waals surface area contributed by atoms with Gasteiger partial charge in [-0.15, -0.1) is 0 Å². The number of hydrogen-bond acceptors (Lipinski definition) is 3. The van der Waals surface area contributed by atoms with Crippen LogP contribution < -0.4 is 10.1 Å². The van der Waals surface area contributed by atoms with Crippen molar-refractivity contribution < 1.29 is 13.5 Å². The molecule has 0 fully saturated rings. The van der Waals surface area contributed by atoms with Crippen molar-refractivity contribution in [2.45, 2.75) is 6.54 Å². The van der Waals surface area contributed by atoms with Crippen molar-refractivity contribution in [1.82, 2.24) is 10.3 Å². The number of hydrogen-bond donors (Lipinski definition) is 1. The van der Waals surface area contributed by atoms with Gasteiger partial charge in [-0.3, -0.25) is 4.98 Å². The van der Waals surface area contributed by atoms with Gasteiger partial charge in [0.1, 0.15) is 5.75 Å². The lowest BCUT2D eigenvalue weighted by molar-refractivity contribution is 0.405. The molecule has 1 N–H and O–H groups in total. The van der Waals surface area contributed by atoms with E-state index in [1.165, 1.54) is 18.3 Å². The van der Waals surface area contributed by atoms with E-state index in [1.807, 2.05) is 0 Å². The van der Waals surface area contributed by atoms with Gasteiger partial charge in [-0.1, -0.05) is 0 Å². The van der Waals surface area contributed by atoms with Gasteiger partial charge in [0.2, 0.25) is 0 Å². The Morgan fingerprint density at radius 2 is 2.00 bits per heavy atom. The number of pyridine rings is 1. The van der Waals surface area contributed by atoms with E-state index in [9.17, 15) is 8.78 Å². The summed E-state index contributed by atoms with van der Waals surface area (Å²) in [5, 5.41) is 2.82. The highest BCUT2D eigenvalue weighted by Crippen LogP contribution is 2.28. The molecule has 3 nitrogen and oxygen atoms in total. The summed E-state index contributed by atoms with van der Waals surface area (Å²) in [5.74, 6) is -1.59. The molecule has 0 aliphatic carbocycles. The minimum atomic E-state index is -0.732. The summed E-state index contributed by atoms with van der Waals surface area (Å²) >= 11 is 0. The van der Waals surface area contributed by atoms with Gasteiger partial charge in [-0.25, -0.2) is 8.78 Å². The molecule has 18 heavy (non-hydrogen) atoms. The molecule has 1 aromatic carbocycles. The van der Waals surface area contributed by atoms with Crippen LogP contribution in [-0.2, 0) is 6.54 Å². The third kappa shape index (κ3) is 2.81. The molecule has 0 unspecified atom stereocenters. The predicted octanol–water partition coefficient (Wildman–Crippen LogP) is 2.87. The summed E-state index contributed by atoms with van der Waals surface area (Å²) in [7, 11) is 1.70. The lowest BCUT2D eigenvalue weighted by atomic mass is 10.2. The van der Waals surface area contributed by atoms with Crippen LogP contribution in [0.25, 0.3) is 0 Å². The van der Waals surface area contributed by atoms with Crippen LogP contribution in [0.5, 0.6) is 11.5 Å². The highest BCUT2D eigenvalue weighted by atomic mass is 19.1. The van der Waals surface area contributed by atoms with E-state index < -0.39 is 17.4 Å². The van der Waals surface area contributed by atoms with Gasteiger partial charge in [0.15, 0.2) is 17.4 Å². The van der Waals surface area contributed by atoms with Gasteiger partial charge in [-0.05, 0) is 36.9 Å². The van der Waals surface area contributed by atoms with Crippen molar-refractivity contribution in [2.24, 2.45) is 0 Å². The number of benzene rings is 1. The number of nitrogens with one attached hydrogen (secondary N) is 1. The number of aromatic nitrogens is 1. The summed E-state index contributed by atoms with van der Waals surface area (Å²) in [6.07, 6.45) is 2.94. The maximum atomic E-state index is 13.7. The Labute approximate surface area is 103 Å². The Hall–Kier alpha value is -2.01. The molecule has 94 valence electrons. The number of ether oxygens (including phenoxy) is 1. The zero-order chi connectivity index (χ0) is 13.0. The lowest BCUT2D eigenvalue weighted by Gasteiger charge is -2.09. The second-order valence-corrected chi connectivity index (χ2v) is 3.71. The molecule has 5 heteroatoms. The number of nitrogens with zero attached hydrogens (tertiary/aromatic N) is 1. The third-order valence-electron chi connectivity index (χ3n) is 2.29. The van der Waals surface area contributed by atoms with Crippen LogP contribution in [0.15, 0.2) is 36.7 Å². The molecule has 0 spiro atoms. The minimum absolute atomic E-state index is 0.289. The predicted molar refractivity (Wildman–Crippen MR) is 63.4 cm³/mol. The number of rotatable bonds is 4. The lowest BCUT2D eigenvalue weighted by Crippen LogP contribution is -2.06. The van der Waals surface area contributed by atoms with Gasteiger partial charge < -0.3 is 10.1 Å². The van der Waals surface area contributed by atoms with E-state index in [4.69, 9.17) is 4.74 Å². The molecule has 1 heterocycles. The van der Waals surface area contributed by atoms with Crippen molar-refractivity contribution in [2.75, 3.05) is 7.05 Å². The van der Waals surface area contributed by atoms with E-state index in [2.05, 4.69) is 10.3 Å². The summed E-state index contributed by atoms with van der Waals surface area (Å²) in [4.78, 5) is 3.81. The Balaban J connectivity index is 2.28. The second-order valence-electron chi connectivity index (χ2n) is 3.71. The van der Waals surface area contributed by atoms with Crippen LogP contribution in [0.2, 0.25) is 0 Å². The van der Waals surface area contributed by atoms with Crippen molar-refractivity contribution in [3.05, 3.63) is 53.9 Å². The second kappa shape index (κ2) is 5.55. The Morgan fingerprint density at radius 3 is 2.56 bits per heavy atom. The van der Waals surface area contributed by atoms with Crippen LogP contribution in [-0.4, -0.2) is 12.0 Å². The normalized spacial score (nSPS) is 10.4. The minimum Gasteiger partial charge on any atom is -0.450 e. The molecular formula is C13H12F2N2O. The van der Waals surface area contributed by atoms with E-state index in [-0.39, 0.29) is 5.75 Å². The topological polar surface area (TPSA) is 34.1 Å². The third-order valence-corrected chi connectivity index (χ3v) is 2.29. The quantitative estimate of drug-likeness (QED) is 0.906. The molecule has 0 bridgehead atoms.